The summed E-state index contributed by atoms with van der Waals surface area (Å²) in [6.45, 7) is 2.63. The number of hydrogen-bond acceptors (Lipinski definition) is 7. The van der Waals surface area contributed by atoms with Crippen molar-refractivity contribution in [3.63, 3.8) is 0 Å². The number of aryl methyl sites for hydroxylation is 1. The molecule has 0 bridgehead atoms. The van der Waals surface area contributed by atoms with Crippen LogP contribution in [0.25, 0.3) is 22.2 Å². The van der Waals surface area contributed by atoms with E-state index in [0.29, 0.717) is 17.5 Å². The van der Waals surface area contributed by atoms with Gasteiger partial charge in [-0.2, -0.15) is 13.2 Å². The SMILES string of the molecule is CC[C@]1(C)COc2c1cc([C@@](O)(CON(F)c1cc(OCC(F)F)c3ncc(C)cc3c1)C(F)(F)F)nc2-c1ccc(F)cc1. The van der Waals surface area contributed by atoms with Crippen LogP contribution >= 0.6 is 0 Å². The molecule has 3 heterocycles. The molecule has 2 atom stereocenters. The minimum Gasteiger partial charge on any atom is -0.490 e. The summed E-state index contributed by atoms with van der Waals surface area (Å²) in [5.41, 5.74) is -4.79. The van der Waals surface area contributed by atoms with Crippen molar-refractivity contribution in [3.8, 4) is 22.8 Å². The van der Waals surface area contributed by atoms with Crippen molar-refractivity contribution in [1.29, 1.82) is 0 Å². The summed E-state index contributed by atoms with van der Waals surface area (Å²) in [6, 6.07) is 9.52. The first kappa shape index (κ1) is 32.2. The molecule has 45 heavy (non-hydrogen) atoms. The highest BCUT2D eigenvalue weighted by atomic mass is 19.4. The van der Waals surface area contributed by atoms with Crippen LogP contribution in [0, 0.1) is 12.7 Å². The van der Waals surface area contributed by atoms with Gasteiger partial charge in [0, 0.05) is 34.2 Å². The van der Waals surface area contributed by atoms with E-state index in [1.807, 2.05) is 6.92 Å². The van der Waals surface area contributed by atoms with E-state index in [-0.39, 0.29) is 40.3 Å². The first-order valence-corrected chi connectivity index (χ1v) is 13.8. The van der Waals surface area contributed by atoms with Crippen molar-refractivity contribution in [3.05, 3.63) is 77.4 Å². The van der Waals surface area contributed by atoms with Gasteiger partial charge in [-0.15, -0.1) is 0 Å². The molecule has 0 amide bonds. The smallest absolute Gasteiger partial charge is 0.425 e. The first-order valence-electron chi connectivity index (χ1n) is 13.8. The van der Waals surface area contributed by atoms with E-state index in [0.717, 1.165) is 24.3 Å². The van der Waals surface area contributed by atoms with Gasteiger partial charge in [0.15, 0.2) is 0 Å². The van der Waals surface area contributed by atoms with Crippen LogP contribution in [0.3, 0.4) is 0 Å². The molecule has 4 aromatic rings. The molecule has 0 spiro atoms. The first-order chi connectivity index (χ1) is 21.1. The van der Waals surface area contributed by atoms with Gasteiger partial charge in [-0.1, -0.05) is 23.6 Å². The van der Waals surface area contributed by atoms with Gasteiger partial charge in [0.1, 0.15) is 47.4 Å². The third kappa shape index (κ3) is 6.21. The maximum absolute atomic E-state index is 15.4. The molecule has 0 saturated heterocycles. The molecule has 0 saturated carbocycles. The van der Waals surface area contributed by atoms with Crippen molar-refractivity contribution in [2.75, 3.05) is 25.1 Å². The van der Waals surface area contributed by atoms with Crippen LogP contribution in [0.5, 0.6) is 11.5 Å². The van der Waals surface area contributed by atoms with Gasteiger partial charge < -0.3 is 14.6 Å². The number of ether oxygens (including phenoxy) is 2. The Kier molecular flexibility index (Phi) is 8.57. The highest BCUT2D eigenvalue weighted by molar-refractivity contribution is 5.88. The maximum Gasteiger partial charge on any atom is 0.425 e. The average molecular weight is 640 g/mol. The number of nitrogens with zero attached hydrogens (tertiary/aromatic N) is 3. The zero-order valence-corrected chi connectivity index (χ0v) is 24.3. The number of aliphatic hydroxyl groups is 1. The van der Waals surface area contributed by atoms with Crippen LogP contribution < -0.4 is 14.8 Å². The molecule has 240 valence electrons. The van der Waals surface area contributed by atoms with Gasteiger partial charge in [0.2, 0.25) is 5.60 Å². The van der Waals surface area contributed by atoms with E-state index in [2.05, 4.69) is 9.97 Å². The number of pyridine rings is 2. The van der Waals surface area contributed by atoms with Gasteiger partial charge >= 0.3 is 6.18 Å². The second-order valence-electron chi connectivity index (χ2n) is 11.0. The highest BCUT2D eigenvalue weighted by Gasteiger charge is 2.58. The van der Waals surface area contributed by atoms with E-state index in [9.17, 15) is 31.4 Å². The highest BCUT2D eigenvalue weighted by Crippen LogP contribution is 2.49. The van der Waals surface area contributed by atoms with Crippen LogP contribution in [-0.2, 0) is 15.9 Å². The zero-order chi connectivity index (χ0) is 32.7. The molecule has 1 aliphatic heterocycles. The fourth-order valence-corrected chi connectivity index (χ4v) is 4.95. The van der Waals surface area contributed by atoms with Crippen LogP contribution in [-0.4, -0.2) is 47.5 Å². The van der Waals surface area contributed by atoms with Gasteiger partial charge in [-0.05, 0) is 61.4 Å². The van der Waals surface area contributed by atoms with Crippen molar-refractivity contribution in [1.82, 2.24) is 9.97 Å². The molecule has 0 radical (unpaired) electrons. The van der Waals surface area contributed by atoms with E-state index in [4.69, 9.17) is 14.3 Å². The van der Waals surface area contributed by atoms with E-state index < -0.39 is 59.3 Å². The number of hydrogen-bond donors (Lipinski definition) is 1. The van der Waals surface area contributed by atoms with E-state index in [1.54, 1.807) is 19.9 Å². The molecule has 5 rings (SSSR count). The lowest BCUT2D eigenvalue weighted by atomic mass is 9.80. The molecular weight excluding hydrogens is 611 g/mol. The lowest BCUT2D eigenvalue weighted by Gasteiger charge is -2.31. The molecule has 0 fully saturated rings. The molecule has 2 aromatic heterocycles. The Morgan fingerprint density at radius 3 is 2.47 bits per heavy atom. The summed E-state index contributed by atoms with van der Waals surface area (Å²) in [6.07, 6.45) is -6.40. The van der Waals surface area contributed by atoms with Crippen molar-refractivity contribution >= 4 is 16.6 Å². The molecule has 0 unspecified atom stereocenters. The summed E-state index contributed by atoms with van der Waals surface area (Å²) in [7, 11) is 0. The number of alkyl halides is 5. The molecule has 7 nitrogen and oxygen atoms in total. The predicted octanol–water partition coefficient (Wildman–Crippen LogP) is 7.52. The van der Waals surface area contributed by atoms with Crippen LogP contribution in [0.4, 0.5) is 36.5 Å². The lowest BCUT2D eigenvalue weighted by molar-refractivity contribution is -0.287. The summed E-state index contributed by atoms with van der Waals surface area (Å²) >= 11 is 0. The average Bonchev–Trinajstić information content (AvgIpc) is 3.34. The molecule has 1 aliphatic rings. The largest absolute Gasteiger partial charge is 0.490 e. The van der Waals surface area contributed by atoms with Gasteiger partial charge in [0.25, 0.3) is 6.43 Å². The minimum absolute atomic E-state index is 0.0716. The lowest BCUT2D eigenvalue weighted by Crippen LogP contribution is -2.48. The van der Waals surface area contributed by atoms with Gasteiger partial charge in [0.05, 0.1) is 12.3 Å². The van der Waals surface area contributed by atoms with Crippen LogP contribution in [0.1, 0.15) is 37.1 Å². The fourth-order valence-electron chi connectivity index (χ4n) is 4.95. The van der Waals surface area contributed by atoms with Gasteiger partial charge in [-0.3, -0.25) is 4.98 Å². The van der Waals surface area contributed by atoms with Gasteiger partial charge in [-0.25, -0.2) is 23.0 Å². The monoisotopic (exact) mass is 639 g/mol. The Labute approximate surface area is 253 Å². The number of anilines is 1. The summed E-state index contributed by atoms with van der Waals surface area (Å²) in [5, 5.41) is 10.9. The summed E-state index contributed by atoms with van der Waals surface area (Å²) < 4.78 is 110. The molecule has 0 aliphatic carbocycles. The van der Waals surface area contributed by atoms with Crippen molar-refractivity contribution in [2.45, 2.75) is 50.8 Å². The van der Waals surface area contributed by atoms with E-state index in [1.165, 1.54) is 24.4 Å². The number of fused-ring (bicyclic) bond motifs is 2. The Morgan fingerprint density at radius 1 is 1.11 bits per heavy atom. The Morgan fingerprint density at radius 2 is 1.82 bits per heavy atom. The topological polar surface area (TPSA) is 76.9 Å². The van der Waals surface area contributed by atoms with E-state index >= 15 is 4.48 Å². The number of aromatic nitrogens is 2. The predicted molar refractivity (Wildman–Crippen MR) is 150 cm³/mol. The minimum atomic E-state index is -5.42. The molecule has 14 heteroatoms. The van der Waals surface area contributed by atoms with Crippen molar-refractivity contribution < 1.29 is 50.2 Å². The Balaban J connectivity index is 1.55. The number of halogens is 7. The zero-order valence-electron chi connectivity index (χ0n) is 24.3. The Bertz CT molecular complexity index is 1700. The fraction of sp³-hybridized carbons (Fsp3) is 0.355. The summed E-state index contributed by atoms with van der Waals surface area (Å²) in [5.74, 6) is -0.664. The van der Waals surface area contributed by atoms with Crippen LogP contribution in [0.15, 0.2) is 54.7 Å². The third-order valence-electron chi connectivity index (χ3n) is 7.77. The Hall–Kier alpha value is -4.17. The van der Waals surface area contributed by atoms with Crippen molar-refractivity contribution in [2.24, 2.45) is 0 Å². The third-order valence-corrected chi connectivity index (χ3v) is 7.77. The normalized spacial score (nSPS) is 17.7. The standard InChI is InChI=1S/C31H28F7N3O4/c1-4-29(3)15-44-28-22(29)12-24(40-27(28)18-5-7-20(32)8-6-18)30(42,31(35,36)37)16-45-41(38)21-10-19-9-17(2)13-39-26(19)23(11-21)43-14-25(33)34/h5-13,25,42H,4,14-16H2,1-3H3/t29-,30+/m1/s1. The second-order valence-corrected chi connectivity index (χ2v) is 11.0. The number of benzene rings is 2. The van der Waals surface area contributed by atoms with Crippen LogP contribution in [0.2, 0.25) is 0 Å². The molecular formula is C31H28F7N3O4. The quantitative estimate of drug-likeness (QED) is 0.109. The molecule has 1 N–H and O–H groups in total. The summed E-state index contributed by atoms with van der Waals surface area (Å²) in [4.78, 5) is 13.1. The number of rotatable bonds is 10. The second kappa shape index (κ2) is 12.0. The molecule has 2 aromatic carbocycles. The maximum atomic E-state index is 15.4.